The van der Waals surface area contributed by atoms with E-state index in [1.165, 1.54) is 16.3 Å². The van der Waals surface area contributed by atoms with Crippen LogP contribution >= 0.6 is 0 Å². The van der Waals surface area contributed by atoms with E-state index in [1.807, 2.05) is 0 Å². The van der Waals surface area contributed by atoms with E-state index in [2.05, 4.69) is 80.5 Å². The summed E-state index contributed by atoms with van der Waals surface area (Å²) in [5, 5.41) is 5.75. The van der Waals surface area contributed by atoms with Gasteiger partial charge in [-0.3, -0.25) is 4.79 Å². The van der Waals surface area contributed by atoms with Crippen molar-refractivity contribution < 1.29 is 4.79 Å². The highest BCUT2D eigenvalue weighted by Gasteiger charge is 2.32. The Hall–Kier alpha value is -1.87. The largest absolute Gasteiger partial charge is 0.347 e. The highest BCUT2D eigenvalue weighted by atomic mass is 16.2. The van der Waals surface area contributed by atoms with E-state index in [9.17, 15) is 4.79 Å². The van der Waals surface area contributed by atoms with E-state index in [4.69, 9.17) is 0 Å². The molecule has 0 saturated carbocycles. The van der Waals surface area contributed by atoms with Crippen LogP contribution in [0.25, 0.3) is 10.8 Å². The molecule has 2 aromatic carbocycles. The lowest BCUT2D eigenvalue weighted by Gasteiger charge is -2.38. The average molecular weight is 338 g/mol. The third-order valence-electron chi connectivity index (χ3n) is 5.72. The third-order valence-corrected chi connectivity index (χ3v) is 5.72. The zero-order valence-electron chi connectivity index (χ0n) is 15.9. The Morgan fingerprint density at radius 3 is 2.60 bits per heavy atom. The lowest BCUT2D eigenvalue weighted by atomic mass is 9.87. The number of hydrogen-bond acceptors (Lipinski definition) is 2. The number of carbonyl (C=O) groups is 1. The molecule has 1 N–H and O–H groups in total. The number of rotatable bonds is 4. The SMILES string of the molecule is CC[C@@H]1CC[C@H](C(=O)NC(C)(C)c2cccc3ccccc23)CN1C. The molecule has 0 radical (unpaired) electrons. The molecule has 0 spiro atoms. The van der Waals surface area contributed by atoms with E-state index in [-0.39, 0.29) is 11.8 Å². The molecule has 2 aromatic rings. The standard InChI is InChI=1S/C22H30N2O/c1-5-18-14-13-17(15-24(18)4)21(25)23-22(2,3)20-12-8-10-16-9-6-7-11-19(16)20/h6-12,17-18H,5,13-15H2,1-4H3,(H,23,25)/t17-,18+/m0/s1. The number of nitrogens with one attached hydrogen (secondary N) is 1. The van der Waals surface area contributed by atoms with Gasteiger partial charge in [-0.2, -0.15) is 0 Å². The van der Waals surface area contributed by atoms with Crippen LogP contribution in [-0.2, 0) is 10.3 Å². The van der Waals surface area contributed by atoms with Crippen molar-refractivity contribution in [3.63, 3.8) is 0 Å². The van der Waals surface area contributed by atoms with Crippen molar-refractivity contribution in [2.75, 3.05) is 13.6 Å². The molecule has 0 aromatic heterocycles. The number of amides is 1. The second-order valence-corrected chi connectivity index (χ2v) is 7.92. The Morgan fingerprint density at radius 2 is 1.88 bits per heavy atom. The maximum Gasteiger partial charge on any atom is 0.225 e. The van der Waals surface area contributed by atoms with E-state index in [0.717, 1.165) is 25.8 Å². The van der Waals surface area contributed by atoms with E-state index in [0.29, 0.717) is 6.04 Å². The van der Waals surface area contributed by atoms with E-state index in [1.54, 1.807) is 0 Å². The molecule has 1 fully saturated rings. The second-order valence-electron chi connectivity index (χ2n) is 7.92. The molecule has 25 heavy (non-hydrogen) atoms. The molecule has 1 heterocycles. The summed E-state index contributed by atoms with van der Waals surface area (Å²) in [6.07, 6.45) is 3.26. The molecule has 3 heteroatoms. The van der Waals surface area contributed by atoms with Crippen molar-refractivity contribution in [3.8, 4) is 0 Å². The van der Waals surface area contributed by atoms with Gasteiger partial charge in [-0.15, -0.1) is 0 Å². The predicted octanol–water partition coefficient (Wildman–Crippen LogP) is 4.31. The first-order valence-corrected chi connectivity index (χ1v) is 9.43. The summed E-state index contributed by atoms with van der Waals surface area (Å²) in [7, 11) is 2.14. The van der Waals surface area contributed by atoms with Crippen molar-refractivity contribution in [2.24, 2.45) is 5.92 Å². The van der Waals surface area contributed by atoms with Gasteiger partial charge in [0, 0.05) is 12.6 Å². The van der Waals surface area contributed by atoms with Crippen LogP contribution in [0.4, 0.5) is 0 Å². The molecular weight excluding hydrogens is 308 g/mol. The van der Waals surface area contributed by atoms with Crippen LogP contribution < -0.4 is 5.32 Å². The molecule has 3 nitrogen and oxygen atoms in total. The van der Waals surface area contributed by atoms with Crippen LogP contribution in [-0.4, -0.2) is 30.4 Å². The minimum Gasteiger partial charge on any atom is -0.347 e. The number of piperidine rings is 1. The van der Waals surface area contributed by atoms with E-state index < -0.39 is 5.54 Å². The van der Waals surface area contributed by atoms with Gasteiger partial charge in [0.1, 0.15) is 0 Å². The van der Waals surface area contributed by atoms with Crippen molar-refractivity contribution >= 4 is 16.7 Å². The highest BCUT2D eigenvalue weighted by Crippen LogP contribution is 2.30. The number of likely N-dealkylation sites (tertiary alicyclic amines) is 1. The van der Waals surface area contributed by atoms with E-state index >= 15 is 0 Å². The summed E-state index contributed by atoms with van der Waals surface area (Å²) in [4.78, 5) is 15.3. The average Bonchev–Trinajstić information content (AvgIpc) is 2.60. The van der Waals surface area contributed by atoms with Gasteiger partial charge in [-0.05, 0) is 56.5 Å². The van der Waals surface area contributed by atoms with Crippen LogP contribution in [0.3, 0.4) is 0 Å². The Morgan fingerprint density at radius 1 is 1.16 bits per heavy atom. The quantitative estimate of drug-likeness (QED) is 0.901. The van der Waals surface area contributed by atoms with Crippen molar-refractivity contribution in [1.29, 1.82) is 0 Å². The minimum absolute atomic E-state index is 0.0852. The minimum atomic E-state index is -0.391. The Kier molecular flexibility index (Phi) is 5.14. The van der Waals surface area contributed by atoms with Crippen molar-refractivity contribution in [3.05, 3.63) is 48.0 Å². The van der Waals surface area contributed by atoms with Gasteiger partial charge in [-0.1, -0.05) is 49.4 Å². The molecule has 134 valence electrons. The molecule has 2 atom stereocenters. The molecule has 0 bridgehead atoms. The fourth-order valence-corrected chi connectivity index (χ4v) is 4.18. The van der Waals surface area contributed by atoms with Crippen LogP contribution in [0.1, 0.15) is 45.6 Å². The lowest BCUT2D eigenvalue weighted by molar-refractivity contribution is -0.128. The number of fused-ring (bicyclic) bond motifs is 1. The summed E-state index contributed by atoms with van der Waals surface area (Å²) < 4.78 is 0. The van der Waals surface area contributed by atoms with Gasteiger partial charge in [0.2, 0.25) is 5.91 Å². The maximum atomic E-state index is 12.9. The monoisotopic (exact) mass is 338 g/mol. The van der Waals surface area contributed by atoms with Crippen LogP contribution in [0.15, 0.2) is 42.5 Å². The summed E-state index contributed by atoms with van der Waals surface area (Å²) in [5.74, 6) is 0.265. The highest BCUT2D eigenvalue weighted by molar-refractivity contribution is 5.88. The molecule has 0 unspecified atom stereocenters. The molecule has 0 aliphatic carbocycles. The first-order valence-electron chi connectivity index (χ1n) is 9.43. The number of benzene rings is 2. The molecule has 1 aliphatic heterocycles. The van der Waals surface area contributed by atoms with Crippen molar-refractivity contribution in [1.82, 2.24) is 10.2 Å². The summed E-state index contributed by atoms with van der Waals surface area (Å²) >= 11 is 0. The van der Waals surface area contributed by atoms with Gasteiger partial charge in [-0.25, -0.2) is 0 Å². The molecule has 1 amide bonds. The van der Waals surface area contributed by atoms with Crippen molar-refractivity contribution in [2.45, 2.75) is 51.6 Å². The number of hydrogen-bond donors (Lipinski definition) is 1. The summed E-state index contributed by atoms with van der Waals surface area (Å²) in [6, 6.07) is 15.3. The van der Waals surface area contributed by atoms with Gasteiger partial charge in [0.15, 0.2) is 0 Å². The Bertz CT molecular complexity index is 747. The fraction of sp³-hybridized carbons (Fsp3) is 0.500. The predicted molar refractivity (Wildman–Crippen MR) is 105 cm³/mol. The maximum absolute atomic E-state index is 12.9. The summed E-state index contributed by atoms with van der Waals surface area (Å²) in [6.45, 7) is 7.29. The van der Waals surface area contributed by atoms with Crippen LogP contribution in [0.5, 0.6) is 0 Å². The Labute approximate surface area is 151 Å². The first kappa shape index (κ1) is 17.9. The number of nitrogens with zero attached hydrogens (tertiary/aromatic N) is 1. The molecule has 3 rings (SSSR count). The topological polar surface area (TPSA) is 32.3 Å². The lowest BCUT2D eigenvalue weighted by Crippen LogP contribution is -2.50. The van der Waals surface area contributed by atoms with Gasteiger partial charge in [0.25, 0.3) is 0 Å². The number of carbonyl (C=O) groups excluding carboxylic acids is 1. The van der Waals surface area contributed by atoms with Gasteiger partial charge < -0.3 is 10.2 Å². The summed E-state index contributed by atoms with van der Waals surface area (Å²) in [5.41, 5.74) is 0.785. The third kappa shape index (κ3) is 3.72. The second kappa shape index (κ2) is 7.17. The molecular formula is C22H30N2O. The van der Waals surface area contributed by atoms with Gasteiger partial charge in [0.05, 0.1) is 11.5 Å². The normalized spacial score (nSPS) is 22.1. The van der Waals surface area contributed by atoms with Crippen LogP contribution in [0.2, 0.25) is 0 Å². The first-order chi connectivity index (χ1) is 11.9. The van der Waals surface area contributed by atoms with Gasteiger partial charge >= 0.3 is 0 Å². The molecule has 1 aliphatic rings. The zero-order valence-corrected chi connectivity index (χ0v) is 15.9. The smallest absolute Gasteiger partial charge is 0.225 e. The fourth-order valence-electron chi connectivity index (χ4n) is 4.18. The molecule has 1 saturated heterocycles. The van der Waals surface area contributed by atoms with Crippen LogP contribution in [0, 0.1) is 5.92 Å². The Balaban J connectivity index is 1.78. The zero-order chi connectivity index (χ0) is 18.0.